The summed E-state index contributed by atoms with van der Waals surface area (Å²) in [6, 6.07) is 10.6. The summed E-state index contributed by atoms with van der Waals surface area (Å²) < 4.78 is 15.9. The number of piperidine rings is 1. The lowest BCUT2D eigenvalue weighted by Gasteiger charge is -2.38. The number of likely N-dealkylation sites (tertiary alicyclic amines) is 2. The Hall–Kier alpha value is -3.85. The van der Waals surface area contributed by atoms with Gasteiger partial charge >= 0.3 is 0 Å². The second-order valence-electron chi connectivity index (χ2n) is 11.2. The van der Waals surface area contributed by atoms with Gasteiger partial charge < -0.3 is 14.9 Å². The molecule has 0 aliphatic carbocycles. The second-order valence-corrected chi connectivity index (χ2v) is 12.4. The van der Waals surface area contributed by atoms with Crippen LogP contribution in [-0.2, 0) is 11.2 Å². The molecule has 2 fully saturated rings. The highest BCUT2D eigenvalue weighted by Crippen LogP contribution is 2.38. The van der Waals surface area contributed by atoms with Crippen LogP contribution < -0.4 is 4.90 Å². The number of imidazole rings is 1. The van der Waals surface area contributed by atoms with E-state index in [1.54, 1.807) is 11.0 Å². The predicted molar refractivity (Wildman–Crippen MR) is 161 cm³/mol. The number of nitriles is 1. The average Bonchev–Trinajstić information content (AvgIpc) is 3.55. The Kier molecular flexibility index (Phi) is 7.70. The molecule has 0 atom stereocenters. The summed E-state index contributed by atoms with van der Waals surface area (Å²) in [5.74, 6) is 0.992. The van der Waals surface area contributed by atoms with E-state index in [2.05, 4.69) is 45.5 Å². The number of amides is 1. The zero-order chi connectivity index (χ0) is 29.5. The number of pyridine rings is 1. The third-order valence-corrected chi connectivity index (χ3v) is 9.45. The molecule has 3 aromatic heterocycles. The van der Waals surface area contributed by atoms with Crippen LogP contribution in [-0.4, -0.2) is 81.1 Å². The van der Waals surface area contributed by atoms with Crippen LogP contribution in [0, 0.1) is 24.1 Å². The molecule has 11 heteroatoms. The maximum atomic E-state index is 13.8. The smallest absolute Gasteiger partial charge is 0.236 e. The fourth-order valence-corrected chi connectivity index (χ4v) is 6.87. The highest BCUT2D eigenvalue weighted by atomic mass is 32.1. The van der Waals surface area contributed by atoms with Gasteiger partial charge in [0.2, 0.25) is 5.91 Å². The van der Waals surface area contributed by atoms with Crippen molar-refractivity contribution in [2.75, 3.05) is 44.7 Å². The molecule has 0 bridgehead atoms. The Morgan fingerprint density at radius 3 is 2.67 bits per heavy atom. The number of aliphatic hydroxyl groups is 1. The highest BCUT2D eigenvalue weighted by Gasteiger charge is 2.31. The molecule has 0 radical (unpaired) electrons. The number of rotatable bonds is 7. The van der Waals surface area contributed by atoms with Crippen LogP contribution >= 0.6 is 11.3 Å². The average molecular weight is 588 g/mol. The molecule has 0 saturated carbocycles. The number of fused-ring (bicyclic) bond motifs is 1. The van der Waals surface area contributed by atoms with E-state index in [4.69, 9.17) is 9.97 Å². The molecule has 1 aromatic carbocycles. The van der Waals surface area contributed by atoms with Gasteiger partial charge in [0.1, 0.15) is 17.3 Å². The fraction of sp³-hybridized carbons (Fsp3) is 0.419. The first-order chi connectivity index (χ1) is 20.2. The molecule has 2 aliphatic heterocycles. The van der Waals surface area contributed by atoms with Crippen LogP contribution in [0.2, 0.25) is 0 Å². The lowest BCUT2D eigenvalue weighted by atomic mass is 9.90. The summed E-state index contributed by atoms with van der Waals surface area (Å²) in [6.07, 6.45) is 4.51. The number of hydrogen-bond donors (Lipinski definition) is 1. The Morgan fingerprint density at radius 1 is 1.21 bits per heavy atom. The van der Waals surface area contributed by atoms with E-state index in [0.717, 1.165) is 59.5 Å². The Balaban J connectivity index is 1.24. The standard InChI is InChI=1S/C31H34FN7O2S/c1-4-26-30(36(3)31-35-29(19(2)42-31)25-7-6-23(32)13-22(25)14-33)39-15-21(5-8-27(39)34-26)20-9-11-37(12-10-20)18-28(41)38-16-24(40)17-38/h5-8,13,15,20,24,40H,4,9-12,16-18H2,1-3H3. The monoisotopic (exact) mass is 587 g/mol. The Morgan fingerprint density at radius 2 is 1.98 bits per heavy atom. The van der Waals surface area contributed by atoms with Gasteiger partial charge in [0.15, 0.2) is 5.13 Å². The number of aliphatic hydroxyl groups excluding tert-OH is 1. The molecule has 4 aromatic rings. The summed E-state index contributed by atoms with van der Waals surface area (Å²) in [7, 11) is 1.99. The Bertz CT molecular complexity index is 1680. The van der Waals surface area contributed by atoms with Crippen LogP contribution in [0.4, 0.5) is 15.3 Å². The largest absolute Gasteiger partial charge is 0.389 e. The number of carbonyl (C=O) groups excluding carboxylic acids is 1. The molecule has 218 valence electrons. The molecule has 1 N–H and O–H groups in total. The van der Waals surface area contributed by atoms with Gasteiger partial charge in [0.25, 0.3) is 0 Å². The van der Waals surface area contributed by atoms with Gasteiger partial charge in [-0.15, -0.1) is 11.3 Å². The lowest BCUT2D eigenvalue weighted by molar-refractivity contribution is -0.142. The SMILES string of the molecule is CCc1nc2ccc(C3CCN(CC(=O)N4CC(O)C4)CC3)cn2c1N(C)c1nc(-c2ccc(F)cc2C#N)c(C)s1. The van der Waals surface area contributed by atoms with Crippen LogP contribution in [0.5, 0.6) is 0 Å². The number of halogens is 1. The number of β-amino-alcohol motifs (C(OH)–C–C–N with tert-alkyl or cyclic N) is 1. The first-order valence-electron chi connectivity index (χ1n) is 14.4. The van der Waals surface area contributed by atoms with E-state index in [1.165, 1.54) is 29.0 Å². The van der Waals surface area contributed by atoms with Crippen molar-refractivity contribution in [2.45, 2.75) is 45.1 Å². The number of anilines is 2. The minimum Gasteiger partial charge on any atom is -0.389 e. The highest BCUT2D eigenvalue weighted by molar-refractivity contribution is 7.16. The zero-order valence-electron chi connectivity index (χ0n) is 24.0. The Labute approximate surface area is 248 Å². The number of carbonyl (C=O) groups is 1. The van der Waals surface area contributed by atoms with Crippen LogP contribution in [0.1, 0.15) is 47.4 Å². The molecular weight excluding hydrogens is 553 g/mol. The molecule has 1 amide bonds. The van der Waals surface area contributed by atoms with Gasteiger partial charge in [-0.3, -0.25) is 14.1 Å². The second kappa shape index (κ2) is 11.4. The van der Waals surface area contributed by atoms with Crippen molar-refractivity contribution < 1.29 is 14.3 Å². The molecule has 9 nitrogen and oxygen atoms in total. The zero-order valence-corrected chi connectivity index (χ0v) is 24.9. The molecule has 42 heavy (non-hydrogen) atoms. The van der Waals surface area contributed by atoms with Crippen molar-refractivity contribution in [3.63, 3.8) is 0 Å². The third kappa shape index (κ3) is 5.26. The maximum Gasteiger partial charge on any atom is 0.236 e. The molecule has 6 rings (SSSR count). The summed E-state index contributed by atoms with van der Waals surface area (Å²) >= 11 is 1.53. The molecular formula is C31H34FN7O2S. The van der Waals surface area contributed by atoms with Crippen LogP contribution in [0.25, 0.3) is 16.9 Å². The third-order valence-electron chi connectivity index (χ3n) is 8.40. The van der Waals surface area contributed by atoms with Crippen molar-refractivity contribution in [3.05, 3.63) is 64.0 Å². The van der Waals surface area contributed by atoms with Gasteiger partial charge in [0, 0.05) is 36.8 Å². The molecule has 2 aliphatic rings. The summed E-state index contributed by atoms with van der Waals surface area (Å²) in [5, 5.41) is 19.8. The van der Waals surface area contributed by atoms with E-state index in [0.29, 0.717) is 36.8 Å². The van der Waals surface area contributed by atoms with Crippen molar-refractivity contribution >= 4 is 33.8 Å². The lowest BCUT2D eigenvalue weighted by Crippen LogP contribution is -2.56. The van der Waals surface area contributed by atoms with Crippen molar-refractivity contribution in [1.29, 1.82) is 5.26 Å². The van der Waals surface area contributed by atoms with Gasteiger partial charge in [-0.25, -0.2) is 14.4 Å². The normalized spacial score (nSPS) is 16.5. The molecule has 0 unspecified atom stereocenters. The number of aryl methyl sites for hydroxylation is 2. The quantitative estimate of drug-likeness (QED) is 0.340. The van der Waals surface area contributed by atoms with Gasteiger partial charge in [-0.1, -0.05) is 13.0 Å². The van der Waals surface area contributed by atoms with Gasteiger partial charge in [-0.2, -0.15) is 5.26 Å². The number of hydrogen-bond acceptors (Lipinski definition) is 8. The minimum absolute atomic E-state index is 0.0993. The van der Waals surface area contributed by atoms with Crippen LogP contribution in [0.15, 0.2) is 36.5 Å². The summed E-state index contributed by atoms with van der Waals surface area (Å²) in [5.41, 5.74) is 4.65. The van der Waals surface area contributed by atoms with E-state index in [9.17, 15) is 19.6 Å². The number of thiazole rings is 1. The van der Waals surface area contributed by atoms with E-state index >= 15 is 0 Å². The van der Waals surface area contributed by atoms with E-state index in [1.807, 2.05) is 14.0 Å². The van der Waals surface area contributed by atoms with Gasteiger partial charge in [-0.05, 0) is 75.0 Å². The van der Waals surface area contributed by atoms with Gasteiger partial charge in [0.05, 0.1) is 35.7 Å². The topological polar surface area (TPSA) is 101 Å². The summed E-state index contributed by atoms with van der Waals surface area (Å²) in [6.45, 7) is 7.09. The number of aromatic nitrogens is 3. The van der Waals surface area contributed by atoms with Crippen molar-refractivity contribution in [2.24, 2.45) is 0 Å². The van der Waals surface area contributed by atoms with E-state index in [-0.39, 0.29) is 17.6 Å². The van der Waals surface area contributed by atoms with Crippen LogP contribution in [0.3, 0.4) is 0 Å². The minimum atomic E-state index is -0.443. The van der Waals surface area contributed by atoms with Crippen molar-refractivity contribution in [3.8, 4) is 17.3 Å². The fourth-order valence-electron chi connectivity index (χ4n) is 5.99. The first-order valence-corrected chi connectivity index (χ1v) is 15.2. The van der Waals surface area contributed by atoms with E-state index < -0.39 is 5.82 Å². The summed E-state index contributed by atoms with van der Waals surface area (Å²) in [4.78, 5) is 29.2. The number of benzene rings is 1. The number of nitrogens with zero attached hydrogens (tertiary/aromatic N) is 7. The molecule has 2 saturated heterocycles. The maximum absolute atomic E-state index is 13.8. The predicted octanol–water partition coefficient (Wildman–Crippen LogP) is 4.49. The molecule has 5 heterocycles. The van der Waals surface area contributed by atoms with Crippen molar-refractivity contribution in [1.82, 2.24) is 24.2 Å². The molecule has 0 spiro atoms. The first kappa shape index (κ1) is 28.3.